The van der Waals surface area contributed by atoms with E-state index in [1.807, 2.05) is 13.0 Å². The molecule has 1 saturated carbocycles. The lowest BCUT2D eigenvalue weighted by Gasteiger charge is -2.33. The maximum Gasteiger partial charge on any atom is 0.339 e. The van der Waals surface area contributed by atoms with E-state index in [-0.39, 0.29) is 23.3 Å². The quantitative estimate of drug-likeness (QED) is 0.852. The first-order chi connectivity index (χ1) is 12.1. The Morgan fingerprint density at radius 2 is 2.04 bits per heavy atom. The van der Waals surface area contributed by atoms with Crippen molar-refractivity contribution in [2.75, 3.05) is 0 Å². The third-order valence-electron chi connectivity index (χ3n) is 4.78. The van der Waals surface area contributed by atoms with Gasteiger partial charge in [0, 0.05) is 30.6 Å². The van der Waals surface area contributed by atoms with E-state index in [1.54, 1.807) is 17.4 Å². The average Bonchev–Trinajstić information content (AvgIpc) is 3.29. The molecule has 0 aromatic carbocycles. The Morgan fingerprint density at radius 1 is 1.28 bits per heavy atom. The zero-order chi connectivity index (χ0) is 17.8. The first kappa shape index (κ1) is 17.3. The molecule has 3 rings (SSSR count). The van der Waals surface area contributed by atoms with E-state index >= 15 is 0 Å². The van der Waals surface area contributed by atoms with Crippen molar-refractivity contribution in [1.82, 2.24) is 4.90 Å². The Bertz CT molecular complexity index is 725. The van der Waals surface area contributed by atoms with E-state index < -0.39 is 5.97 Å². The number of carbonyl (C=O) groups excluding carboxylic acids is 1. The van der Waals surface area contributed by atoms with Gasteiger partial charge < -0.3 is 18.8 Å². The third-order valence-corrected chi connectivity index (χ3v) is 4.78. The van der Waals surface area contributed by atoms with Gasteiger partial charge in [-0.3, -0.25) is 4.79 Å². The lowest BCUT2D eigenvalue weighted by Crippen LogP contribution is -2.40. The first-order valence-electron chi connectivity index (χ1n) is 8.78. The highest BCUT2D eigenvalue weighted by Crippen LogP contribution is 2.27. The van der Waals surface area contributed by atoms with Crippen LogP contribution in [0.3, 0.4) is 0 Å². The number of hydrogen-bond acceptors (Lipinski definition) is 4. The number of hydrogen-bond donors (Lipinski definition) is 1. The summed E-state index contributed by atoms with van der Waals surface area (Å²) in [5, 5.41) is 9.29. The SMILES string of the molecule is CCc1oc(C(=O)N(Cc2ccoc2)C2CCCCC2)cc1C(=O)O. The molecular weight excluding hydrogens is 322 g/mol. The molecule has 2 aromatic rings. The molecule has 0 radical (unpaired) electrons. The molecule has 0 bridgehead atoms. The zero-order valence-electron chi connectivity index (χ0n) is 14.4. The van der Waals surface area contributed by atoms with Crippen molar-refractivity contribution in [2.24, 2.45) is 0 Å². The highest BCUT2D eigenvalue weighted by Gasteiger charge is 2.30. The summed E-state index contributed by atoms with van der Waals surface area (Å²) in [5.74, 6) is -0.889. The van der Waals surface area contributed by atoms with Crippen molar-refractivity contribution in [3.05, 3.63) is 47.3 Å². The summed E-state index contributed by atoms with van der Waals surface area (Å²) in [6, 6.07) is 3.33. The van der Waals surface area contributed by atoms with E-state index in [1.165, 1.54) is 12.5 Å². The molecule has 1 aliphatic rings. The average molecular weight is 345 g/mol. The summed E-state index contributed by atoms with van der Waals surface area (Å²) in [5.41, 5.74) is 0.984. The molecule has 6 heteroatoms. The fraction of sp³-hybridized carbons (Fsp3) is 0.474. The van der Waals surface area contributed by atoms with Crippen LogP contribution in [0.1, 0.15) is 71.3 Å². The summed E-state index contributed by atoms with van der Waals surface area (Å²) < 4.78 is 10.7. The van der Waals surface area contributed by atoms with Gasteiger partial charge in [-0.05, 0) is 18.9 Å². The molecule has 0 unspecified atom stereocenters. The van der Waals surface area contributed by atoms with Crippen LogP contribution in [0.25, 0.3) is 0 Å². The molecule has 2 aromatic heterocycles. The van der Waals surface area contributed by atoms with E-state index in [0.717, 1.165) is 31.2 Å². The molecule has 1 N–H and O–H groups in total. The molecule has 0 saturated heterocycles. The topological polar surface area (TPSA) is 83.9 Å². The first-order valence-corrected chi connectivity index (χ1v) is 8.78. The van der Waals surface area contributed by atoms with Crippen LogP contribution in [-0.4, -0.2) is 27.9 Å². The van der Waals surface area contributed by atoms with Crippen LogP contribution in [0.4, 0.5) is 0 Å². The standard InChI is InChI=1S/C19H23NO5/c1-2-16-15(19(22)23)10-17(25-16)18(21)20(11-13-8-9-24-12-13)14-6-4-3-5-7-14/h8-10,12,14H,2-7,11H2,1H3,(H,22,23). The van der Waals surface area contributed by atoms with Crippen LogP contribution in [0.2, 0.25) is 0 Å². The van der Waals surface area contributed by atoms with Gasteiger partial charge in [0.25, 0.3) is 5.91 Å². The second-order valence-corrected chi connectivity index (χ2v) is 6.46. The summed E-state index contributed by atoms with van der Waals surface area (Å²) in [4.78, 5) is 26.2. The van der Waals surface area contributed by atoms with Crippen molar-refractivity contribution in [3.63, 3.8) is 0 Å². The van der Waals surface area contributed by atoms with Gasteiger partial charge in [0.2, 0.25) is 0 Å². The molecule has 25 heavy (non-hydrogen) atoms. The van der Waals surface area contributed by atoms with Crippen molar-refractivity contribution < 1.29 is 23.5 Å². The lowest BCUT2D eigenvalue weighted by molar-refractivity contribution is 0.0578. The van der Waals surface area contributed by atoms with Crippen LogP contribution in [0.15, 0.2) is 33.5 Å². The zero-order valence-corrected chi connectivity index (χ0v) is 14.4. The van der Waals surface area contributed by atoms with Gasteiger partial charge in [-0.15, -0.1) is 0 Å². The van der Waals surface area contributed by atoms with E-state index in [9.17, 15) is 14.7 Å². The van der Waals surface area contributed by atoms with E-state index in [4.69, 9.17) is 8.83 Å². The van der Waals surface area contributed by atoms with Crippen LogP contribution < -0.4 is 0 Å². The number of furan rings is 2. The highest BCUT2D eigenvalue weighted by molar-refractivity contribution is 5.96. The summed E-state index contributed by atoms with van der Waals surface area (Å²) in [7, 11) is 0. The second kappa shape index (κ2) is 7.59. The van der Waals surface area contributed by atoms with Crippen molar-refractivity contribution >= 4 is 11.9 Å². The lowest BCUT2D eigenvalue weighted by atomic mass is 9.93. The van der Waals surface area contributed by atoms with Gasteiger partial charge >= 0.3 is 5.97 Å². The number of aryl methyl sites for hydroxylation is 1. The van der Waals surface area contributed by atoms with Gasteiger partial charge in [-0.2, -0.15) is 0 Å². The number of aromatic carboxylic acids is 1. The predicted molar refractivity (Wildman–Crippen MR) is 90.5 cm³/mol. The highest BCUT2D eigenvalue weighted by atomic mass is 16.4. The van der Waals surface area contributed by atoms with Crippen LogP contribution in [0.5, 0.6) is 0 Å². The minimum absolute atomic E-state index is 0.0674. The molecule has 1 fully saturated rings. The Balaban J connectivity index is 1.88. The summed E-state index contributed by atoms with van der Waals surface area (Å²) in [6.45, 7) is 2.24. The minimum atomic E-state index is -1.07. The molecule has 6 nitrogen and oxygen atoms in total. The smallest absolute Gasteiger partial charge is 0.339 e. The van der Waals surface area contributed by atoms with Gasteiger partial charge in [-0.25, -0.2) is 4.79 Å². The predicted octanol–water partition coefficient (Wildman–Crippen LogP) is 4.11. The molecular formula is C19H23NO5. The number of rotatable bonds is 6. The summed E-state index contributed by atoms with van der Waals surface area (Å²) >= 11 is 0. The fourth-order valence-electron chi connectivity index (χ4n) is 3.46. The summed E-state index contributed by atoms with van der Waals surface area (Å²) in [6.07, 6.45) is 8.94. The third kappa shape index (κ3) is 3.78. The molecule has 1 amide bonds. The van der Waals surface area contributed by atoms with Crippen molar-refractivity contribution in [3.8, 4) is 0 Å². The van der Waals surface area contributed by atoms with Crippen molar-refractivity contribution in [2.45, 2.75) is 58.0 Å². The Kier molecular flexibility index (Phi) is 5.26. The maximum absolute atomic E-state index is 13.1. The minimum Gasteiger partial charge on any atom is -0.478 e. The molecule has 134 valence electrons. The number of carbonyl (C=O) groups is 2. The number of nitrogens with zero attached hydrogens (tertiary/aromatic N) is 1. The van der Waals surface area contributed by atoms with Crippen LogP contribution in [0, 0.1) is 0 Å². The fourth-order valence-corrected chi connectivity index (χ4v) is 3.46. The van der Waals surface area contributed by atoms with Crippen molar-refractivity contribution in [1.29, 1.82) is 0 Å². The van der Waals surface area contributed by atoms with Gasteiger partial charge in [0.05, 0.1) is 12.5 Å². The Labute approximate surface area is 146 Å². The monoisotopic (exact) mass is 345 g/mol. The second-order valence-electron chi connectivity index (χ2n) is 6.46. The Hall–Kier alpha value is -2.50. The Morgan fingerprint density at radius 3 is 2.60 bits per heavy atom. The van der Waals surface area contributed by atoms with Crippen LogP contribution in [-0.2, 0) is 13.0 Å². The molecule has 0 atom stereocenters. The molecule has 2 heterocycles. The van der Waals surface area contributed by atoms with Gasteiger partial charge in [0.1, 0.15) is 11.3 Å². The van der Waals surface area contributed by atoms with E-state index in [2.05, 4.69) is 0 Å². The maximum atomic E-state index is 13.1. The number of carboxylic acid groups (broad SMARTS) is 1. The molecule has 0 spiro atoms. The van der Waals surface area contributed by atoms with Gasteiger partial charge in [-0.1, -0.05) is 26.2 Å². The number of amides is 1. The number of carboxylic acids is 1. The normalized spacial score (nSPS) is 15.2. The van der Waals surface area contributed by atoms with Gasteiger partial charge in [0.15, 0.2) is 5.76 Å². The van der Waals surface area contributed by atoms with E-state index in [0.29, 0.717) is 18.7 Å². The molecule has 0 aliphatic heterocycles. The van der Waals surface area contributed by atoms with Crippen LogP contribution >= 0.6 is 0 Å². The molecule has 1 aliphatic carbocycles. The largest absolute Gasteiger partial charge is 0.478 e.